The maximum Gasteiger partial charge on any atom is 0.195 e. The Morgan fingerprint density at radius 3 is 2.61 bits per heavy atom. The monoisotopic (exact) mass is 317 g/mol. The van der Waals surface area contributed by atoms with Crippen molar-refractivity contribution < 1.29 is 18.3 Å². The topological polar surface area (TPSA) is 29.5 Å². The summed E-state index contributed by atoms with van der Waals surface area (Å²) in [6, 6.07) is 10.1. The zero-order chi connectivity index (χ0) is 16.2. The van der Waals surface area contributed by atoms with Crippen molar-refractivity contribution in [1.29, 1.82) is 0 Å². The van der Waals surface area contributed by atoms with Crippen LogP contribution >= 0.6 is 0 Å². The van der Waals surface area contributed by atoms with E-state index in [4.69, 9.17) is 4.74 Å². The van der Waals surface area contributed by atoms with Gasteiger partial charge in [0.05, 0.1) is 18.8 Å². The van der Waals surface area contributed by atoms with Gasteiger partial charge in [-0.15, -0.1) is 0 Å². The molecule has 120 valence electrons. The molecule has 1 heterocycles. The van der Waals surface area contributed by atoms with Gasteiger partial charge in [-0.3, -0.25) is 9.69 Å². The Balaban J connectivity index is 1.79. The van der Waals surface area contributed by atoms with Crippen LogP contribution in [-0.4, -0.2) is 37.0 Å². The molecule has 0 atom stereocenters. The highest BCUT2D eigenvalue weighted by Gasteiger charge is 2.16. The normalized spacial score (nSPS) is 15.6. The van der Waals surface area contributed by atoms with Crippen molar-refractivity contribution in [3.05, 3.63) is 70.8 Å². The summed E-state index contributed by atoms with van der Waals surface area (Å²) in [6.07, 6.45) is 0. The van der Waals surface area contributed by atoms with Crippen molar-refractivity contribution in [2.45, 2.75) is 6.54 Å². The SMILES string of the molecule is O=C(c1cccc(CN2CCOCC2)c1)c1ccc(F)cc1F. The largest absolute Gasteiger partial charge is 0.379 e. The Hall–Kier alpha value is -2.11. The second-order valence-corrected chi connectivity index (χ2v) is 5.54. The molecular formula is C18H17F2NO2. The minimum atomic E-state index is -0.839. The van der Waals surface area contributed by atoms with E-state index in [0.29, 0.717) is 18.8 Å². The van der Waals surface area contributed by atoms with Crippen LogP contribution in [0.25, 0.3) is 0 Å². The van der Waals surface area contributed by atoms with Crippen molar-refractivity contribution >= 4 is 5.78 Å². The lowest BCUT2D eigenvalue weighted by molar-refractivity contribution is 0.0342. The van der Waals surface area contributed by atoms with Crippen molar-refractivity contribution in [3.63, 3.8) is 0 Å². The summed E-state index contributed by atoms with van der Waals surface area (Å²) in [5.74, 6) is -1.97. The average Bonchev–Trinajstić information content (AvgIpc) is 2.55. The molecule has 3 nitrogen and oxygen atoms in total. The van der Waals surface area contributed by atoms with Gasteiger partial charge in [-0.1, -0.05) is 18.2 Å². The van der Waals surface area contributed by atoms with Crippen LogP contribution < -0.4 is 0 Å². The molecule has 1 fully saturated rings. The quantitative estimate of drug-likeness (QED) is 0.812. The fourth-order valence-electron chi connectivity index (χ4n) is 2.66. The number of carbonyl (C=O) groups excluding carboxylic acids is 1. The summed E-state index contributed by atoms with van der Waals surface area (Å²) in [5.41, 5.74) is 1.27. The minimum absolute atomic E-state index is 0.116. The first kappa shape index (κ1) is 15.8. The number of hydrogen-bond donors (Lipinski definition) is 0. The molecular weight excluding hydrogens is 300 g/mol. The number of nitrogens with zero attached hydrogens (tertiary/aromatic N) is 1. The molecule has 1 aliphatic heterocycles. The van der Waals surface area contributed by atoms with Crippen LogP contribution in [0.4, 0.5) is 8.78 Å². The second kappa shape index (κ2) is 6.98. The van der Waals surface area contributed by atoms with Gasteiger partial charge in [0.25, 0.3) is 0 Å². The molecule has 0 N–H and O–H groups in total. The summed E-state index contributed by atoms with van der Waals surface area (Å²) in [6.45, 7) is 3.84. The van der Waals surface area contributed by atoms with Gasteiger partial charge in [-0.25, -0.2) is 8.78 Å². The molecule has 2 aromatic rings. The molecule has 0 aromatic heterocycles. The van der Waals surface area contributed by atoms with Crippen molar-refractivity contribution in [1.82, 2.24) is 4.90 Å². The molecule has 0 saturated carbocycles. The second-order valence-electron chi connectivity index (χ2n) is 5.54. The van der Waals surface area contributed by atoms with Crippen LogP contribution in [0.2, 0.25) is 0 Å². The Kier molecular flexibility index (Phi) is 4.79. The number of ether oxygens (including phenoxy) is 1. The van der Waals surface area contributed by atoms with Crippen LogP contribution in [0, 0.1) is 11.6 Å². The lowest BCUT2D eigenvalue weighted by Crippen LogP contribution is -2.35. The molecule has 0 radical (unpaired) electrons. The van der Waals surface area contributed by atoms with Gasteiger partial charge in [-0.2, -0.15) is 0 Å². The number of morpholine rings is 1. The smallest absolute Gasteiger partial charge is 0.195 e. The van der Waals surface area contributed by atoms with Gasteiger partial charge in [0.15, 0.2) is 5.78 Å². The van der Waals surface area contributed by atoms with Crippen LogP contribution in [0.1, 0.15) is 21.5 Å². The maximum atomic E-state index is 13.8. The van der Waals surface area contributed by atoms with E-state index in [2.05, 4.69) is 4.90 Å². The van der Waals surface area contributed by atoms with E-state index in [1.165, 1.54) is 6.07 Å². The molecule has 23 heavy (non-hydrogen) atoms. The van der Waals surface area contributed by atoms with Crippen LogP contribution in [0.15, 0.2) is 42.5 Å². The summed E-state index contributed by atoms with van der Waals surface area (Å²) < 4.78 is 32.1. The van der Waals surface area contributed by atoms with E-state index < -0.39 is 17.4 Å². The highest BCUT2D eigenvalue weighted by atomic mass is 19.1. The molecule has 1 saturated heterocycles. The summed E-state index contributed by atoms with van der Waals surface area (Å²) in [7, 11) is 0. The first-order valence-corrected chi connectivity index (χ1v) is 7.52. The summed E-state index contributed by atoms with van der Waals surface area (Å²) in [5, 5.41) is 0. The van der Waals surface area contributed by atoms with E-state index in [1.54, 1.807) is 18.2 Å². The van der Waals surface area contributed by atoms with Gasteiger partial charge >= 0.3 is 0 Å². The number of rotatable bonds is 4. The van der Waals surface area contributed by atoms with Crippen molar-refractivity contribution in [3.8, 4) is 0 Å². The Bertz CT molecular complexity index is 712. The molecule has 0 spiro atoms. The van der Waals surface area contributed by atoms with E-state index in [1.807, 2.05) is 6.07 Å². The first-order valence-electron chi connectivity index (χ1n) is 7.52. The van der Waals surface area contributed by atoms with E-state index in [9.17, 15) is 13.6 Å². The van der Waals surface area contributed by atoms with Crippen LogP contribution in [0.5, 0.6) is 0 Å². The maximum absolute atomic E-state index is 13.8. The highest BCUT2D eigenvalue weighted by molar-refractivity contribution is 6.09. The molecule has 0 amide bonds. The fourth-order valence-corrected chi connectivity index (χ4v) is 2.66. The predicted molar refractivity (Wildman–Crippen MR) is 82.3 cm³/mol. The van der Waals surface area contributed by atoms with E-state index in [-0.39, 0.29) is 5.56 Å². The third kappa shape index (κ3) is 3.81. The van der Waals surface area contributed by atoms with Gasteiger partial charge in [0.2, 0.25) is 0 Å². The van der Waals surface area contributed by atoms with Gasteiger partial charge in [0, 0.05) is 31.3 Å². The molecule has 0 bridgehead atoms. The van der Waals surface area contributed by atoms with Crippen LogP contribution in [0.3, 0.4) is 0 Å². The standard InChI is InChI=1S/C18H17F2NO2/c19-15-4-5-16(17(20)11-15)18(22)14-3-1-2-13(10-14)12-21-6-8-23-9-7-21/h1-5,10-11H,6-9,12H2. The lowest BCUT2D eigenvalue weighted by atomic mass is 10.0. The number of benzene rings is 2. The van der Waals surface area contributed by atoms with Crippen molar-refractivity contribution in [2.75, 3.05) is 26.3 Å². The Morgan fingerprint density at radius 2 is 1.87 bits per heavy atom. The van der Waals surface area contributed by atoms with E-state index >= 15 is 0 Å². The molecule has 0 aliphatic carbocycles. The number of ketones is 1. The van der Waals surface area contributed by atoms with E-state index in [0.717, 1.165) is 37.3 Å². The van der Waals surface area contributed by atoms with Gasteiger partial charge in [-0.05, 0) is 23.8 Å². The number of hydrogen-bond acceptors (Lipinski definition) is 3. The van der Waals surface area contributed by atoms with Gasteiger partial charge in [0.1, 0.15) is 11.6 Å². The molecule has 0 unspecified atom stereocenters. The summed E-state index contributed by atoms with van der Waals surface area (Å²) >= 11 is 0. The molecule has 2 aromatic carbocycles. The zero-order valence-electron chi connectivity index (χ0n) is 12.6. The number of halogens is 2. The zero-order valence-corrected chi connectivity index (χ0v) is 12.6. The van der Waals surface area contributed by atoms with Gasteiger partial charge < -0.3 is 4.74 Å². The predicted octanol–water partition coefficient (Wildman–Crippen LogP) is 3.03. The fraction of sp³-hybridized carbons (Fsp3) is 0.278. The summed E-state index contributed by atoms with van der Waals surface area (Å²) in [4.78, 5) is 14.7. The molecule has 1 aliphatic rings. The Morgan fingerprint density at radius 1 is 1.09 bits per heavy atom. The Labute approximate surface area is 133 Å². The number of carbonyl (C=O) groups is 1. The van der Waals surface area contributed by atoms with Crippen LogP contribution in [-0.2, 0) is 11.3 Å². The highest BCUT2D eigenvalue weighted by Crippen LogP contribution is 2.17. The first-order chi connectivity index (χ1) is 11.1. The third-order valence-corrected chi connectivity index (χ3v) is 3.87. The van der Waals surface area contributed by atoms with Crippen molar-refractivity contribution in [2.24, 2.45) is 0 Å². The minimum Gasteiger partial charge on any atom is -0.379 e. The average molecular weight is 317 g/mol. The lowest BCUT2D eigenvalue weighted by Gasteiger charge is -2.26. The molecule has 3 rings (SSSR count). The molecule has 5 heteroatoms. The third-order valence-electron chi connectivity index (χ3n) is 3.87.